The zero-order valence-corrected chi connectivity index (χ0v) is 19.5. The number of urea groups is 1. The summed E-state index contributed by atoms with van der Waals surface area (Å²) >= 11 is 12.2. The first-order chi connectivity index (χ1) is 16.8. The molecule has 1 N–H and O–H groups in total. The number of rotatable bonds is 4. The maximum absolute atomic E-state index is 13.3. The number of amides is 4. The third-order valence-electron chi connectivity index (χ3n) is 5.64. The van der Waals surface area contributed by atoms with Crippen molar-refractivity contribution in [2.24, 2.45) is 0 Å². The summed E-state index contributed by atoms with van der Waals surface area (Å²) < 4.78 is 15.3. The van der Waals surface area contributed by atoms with Gasteiger partial charge in [-0.1, -0.05) is 47.5 Å². The van der Waals surface area contributed by atoms with Crippen LogP contribution in [0.4, 0.5) is 14.9 Å². The number of anilines is 1. The van der Waals surface area contributed by atoms with Crippen molar-refractivity contribution in [2.75, 3.05) is 4.90 Å². The molecule has 0 radical (unpaired) electrons. The zero-order chi connectivity index (χ0) is 24.7. The van der Waals surface area contributed by atoms with Crippen molar-refractivity contribution in [1.82, 2.24) is 9.88 Å². The number of carbonyl (C=O) groups excluding carboxylic acids is 3. The quantitative estimate of drug-likeness (QED) is 0.280. The highest BCUT2D eigenvalue weighted by molar-refractivity contribution is 6.42. The number of aromatic nitrogens is 1. The van der Waals surface area contributed by atoms with Crippen LogP contribution in [0.5, 0.6) is 0 Å². The van der Waals surface area contributed by atoms with Crippen LogP contribution in [0, 0.1) is 5.82 Å². The van der Waals surface area contributed by atoms with Gasteiger partial charge in [-0.3, -0.25) is 14.9 Å². The Balaban J connectivity index is 1.56. The molecule has 1 saturated heterocycles. The largest absolute Gasteiger partial charge is 0.342 e. The molecule has 1 aliphatic heterocycles. The number of nitrogens with one attached hydrogen (secondary N) is 1. The van der Waals surface area contributed by atoms with Gasteiger partial charge >= 0.3 is 6.03 Å². The van der Waals surface area contributed by atoms with Crippen molar-refractivity contribution in [3.63, 3.8) is 0 Å². The molecular formula is C26H16Cl2FN3O3. The van der Waals surface area contributed by atoms with Crippen LogP contribution in [0.2, 0.25) is 10.0 Å². The lowest BCUT2D eigenvalue weighted by atomic mass is 10.1. The van der Waals surface area contributed by atoms with Crippen molar-refractivity contribution in [3.8, 4) is 0 Å². The average Bonchev–Trinajstić information content (AvgIpc) is 3.17. The number of barbiturate groups is 1. The minimum atomic E-state index is -0.897. The van der Waals surface area contributed by atoms with Gasteiger partial charge in [0.1, 0.15) is 11.4 Å². The van der Waals surface area contributed by atoms with E-state index in [1.165, 1.54) is 18.2 Å². The molecule has 9 heteroatoms. The Kier molecular flexibility index (Phi) is 5.88. The number of imide groups is 2. The molecule has 6 nitrogen and oxygen atoms in total. The molecule has 1 aromatic heterocycles. The van der Waals surface area contributed by atoms with E-state index in [0.29, 0.717) is 22.2 Å². The molecule has 1 aliphatic rings. The van der Waals surface area contributed by atoms with Crippen LogP contribution >= 0.6 is 23.2 Å². The summed E-state index contributed by atoms with van der Waals surface area (Å²) in [6.07, 6.45) is 3.27. The van der Waals surface area contributed by atoms with Crippen molar-refractivity contribution in [2.45, 2.75) is 6.54 Å². The fourth-order valence-corrected chi connectivity index (χ4v) is 4.31. The van der Waals surface area contributed by atoms with Crippen LogP contribution in [0.15, 0.2) is 78.5 Å². The molecule has 0 spiro atoms. The molecule has 4 amide bonds. The highest BCUT2D eigenvalue weighted by atomic mass is 35.5. The van der Waals surface area contributed by atoms with E-state index < -0.39 is 23.7 Å². The summed E-state index contributed by atoms with van der Waals surface area (Å²) in [6.45, 7) is 0.473. The second-order valence-electron chi connectivity index (χ2n) is 7.91. The summed E-state index contributed by atoms with van der Waals surface area (Å²) in [6, 6.07) is 16.9. The number of benzene rings is 3. The Morgan fingerprint density at radius 2 is 1.66 bits per heavy atom. The first-order valence-corrected chi connectivity index (χ1v) is 11.3. The molecule has 0 saturated carbocycles. The summed E-state index contributed by atoms with van der Waals surface area (Å²) in [7, 11) is 0. The molecule has 4 aromatic rings. The molecule has 174 valence electrons. The summed E-state index contributed by atoms with van der Waals surface area (Å²) in [4.78, 5) is 39.0. The predicted octanol–water partition coefficient (Wildman–Crippen LogP) is 5.80. The molecule has 35 heavy (non-hydrogen) atoms. The van der Waals surface area contributed by atoms with Crippen molar-refractivity contribution in [3.05, 3.63) is 105 Å². The van der Waals surface area contributed by atoms with E-state index in [2.05, 4.69) is 5.32 Å². The van der Waals surface area contributed by atoms with E-state index in [1.807, 2.05) is 41.1 Å². The number of para-hydroxylation sites is 1. The number of nitrogens with zero attached hydrogens (tertiary/aromatic N) is 2. The second-order valence-corrected chi connectivity index (χ2v) is 8.73. The first kappa shape index (κ1) is 22.8. The van der Waals surface area contributed by atoms with E-state index >= 15 is 0 Å². The molecule has 2 heterocycles. The minimum absolute atomic E-state index is 0.148. The van der Waals surface area contributed by atoms with Gasteiger partial charge in [-0.15, -0.1) is 0 Å². The van der Waals surface area contributed by atoms with E-state index in [1.54, 1.807) is 12.1 Å². The Bertz CT molecular complexity index is 1540. The SMILES string of the molecule is O=C1NC(=O)N(c2ccc(F)cc2)C(=O)/C1=C\c1cn(Cc2ccc(Cl)c(Cl)c2)c2ccccc12. The second kappa shape index (κ2) is 9.02. The van der Waals surface area contributed by atoms with Gasteiger partial charge in [0, 0.05) is 29.2 Å². The molecule has 5 rings (SSSR count). The minimum Gasteiger partial charge on any atom is -0.342 e. The standard InChI is InChI=1S/C26H16Cl2FN3O3/c27-21-10-5-15(11-22(21)28)13-31-14-16(19-3-1-2-4-23(19)31)12-20-24(33)30-26(35)32(25(20)34)18-8-6-17(29)7-9-18/h1-12,14H,13H2,(H,30,33,35)/b20-12-. The van der Waals surface area contributed by atoms with Crippen LogP contribution < -0.4 is 10.2 Å². The molecule has 3 aromatic carbocycles. The fraction of sp³-hybridized carbons (Fsp3) is 0.0385. The Labute approximate surface area is 209 Å². The summed E-state index contributed by atoms with van der Waals surface area (Å²) in [5.41, 5.74) is 2.34. The van der Waals surface area contributed by atoms with Crippen molar-refractivity contribution < 1.29 is 18.8 Å². The van der Waals surface area contributed by atoms with Gasteiger partial charge in [0.05, 0.1) is 15.7 Å². The van der Waals surface area contributed by atoms with Gasteiger partial charge in [-0.2, -0.15) is 0 Å². The number of hydrogen-bond acceptors (Lipinski definition) is 3. The predicted molar refractivity (Wildman–Crippen MR) is 133 cm³/mol. The van der Waals surface area contributed by atoms with E-state index in [-0.39, 0.29) is 11.3 Å². The number of fused-ring (bicyclic) bond motifs is 1. The lowest BCUT2D eigenvalue weighted by Gasteiger charge is -2.26. The van der Waals surface area contributed by atoms with Gasteiger partial charge in [-0.05, 0) is 54.1 Å². The lowest BCUT2D eigenvalue weighted by Crippen LogP contribution is -2.54. The van der Waals surface area contributed by atoms with Gasteiger partial charge in [0.15, 0.2) is 0 Å². The molecule has 0 atom stereocenters. The lowest BCUT2D eigenvalue weighted by molar-refractivity contribution is -0.122. The maximum atomic E-state index is 13.3. The monoisotopic (exact) mass is 507 g/mol. The number of carbonyl (C=O) groups is 3. The van der Waals surface area contributed by atoms with Crippen LogP contribution in [-0.4, -0.2) is 22.4 Å². The van der Waals surface area contributed by atoms with Crippen LogP contribution in [0.1, 0.15) is 11.1 Å². The van der Waals surface area contributed by atoms with Crippen molar-refractivity contribution in [1.29, 1.82) is 0 Å². The molecule has 0 aliphatic carbocycles. The van der Waals surface area contributed by atoms with Gasteiger partial charge in [0.25, 0.3) is 11.8 Å². The first-order valence-electron chi connectivity index (χ1n) is 10.5. The molecule has 0 bridgehead atoms. The highest BCUT2D eigenvalue weighted by Gasteiger charge is 2.37. The van der Waals surface area contributed by atoms with E-state index in [0.717, 1.165) is 33.5 Å². The molecular weight excluding hydrogens is 492 g/mol. The Morgan fingerprint density at radius 3 is 2.40 bits per heavy atom. The summed E-state index contributed by atoms with van der Waals surface area (Å²) in [5.74, 6) is -2.12. The van der Waals surface area contributed by atoms with Crippen LogP contribution in [0.25, 0.3) is 17.0 Å². The number of hydrogen-bond donors (Lipinski definition) is 1. The van der Waals surface area contributed by atoms with Crippen LogP contribution in [0.3, 0.4) is 0 Å². The number of halogens is 3. The molecule has 1 fully saturated rings. The van der Waals surface area contributed by atoms with E-state index in [9.17, 15) is 18.8 Å². The van der Waals surface area contributed by atoms with Gasteiger partial charge < -0.3 is 4.57 Å². The zero-order valence-electron chi connectivity index (χ0n) is 18.0. The highest BCUT2D eigenvalue weighted by Crippen LogP contribution is 2.28. The van der Waals surface area contributed by atoms with Crippen molar-refractivity contribution >= 4 is 63.7 Å². The smallest absolute Gasteiger partial charge is 0.335 e. The van der Waals surface area contributed by atoms with Gasteiger partial charge in [0.2, 0.25) is 0 Å². The third kappa shape index (κ3) is 4.32. The Morgan fingerprint density at radius 1 is 0.914 bits per heavy atom. The van der Waals surface area contributed by atoms with Crippen LogP contribution in [-0.2, 0) is 16.1 Å². The average molecular weight is 508 g/mol. The summed E-state index contributed by atoms with van der Waals surface area (Å²) in [5, 5.41) is 3.89. The topological polar surface area (TPSA) is 71.4 Å². The molecule has 0 unspecified atom stereocenters. The maximum Gasteiger partial charge on any atom is 0.335 e. The third-order valence-corrected chi connectivity index (χ3v) is 6.38. The normalized spacial score (nSPS) is 15.2. The van der Waals surface area contributed by atoms with Gasteiger partial charge in [-0.25, -0.2) is 14.1 Å². The van der Waals surface area contributed by atoms with E-state index in [4.69, 9.17) is 23.2 Å². The Hall–Kier alpha value is -3.94. The fourth-order valence-electron chi connectivity index (χ4n) is 3.99.